The Morgan fingerprint density at radius 3 is 2.61 bits per heavy atom. The van der Waals surface area contributed by atoms with E-state index in [1.54, 1.807) is 42.5 Å². The van der Waals surface area contributed by atoms with Crippen LogP contribution in [0.3, 0.4) is 0 Å². The van der Waals surface area contributed by atoms with Gasteiger partial charge >= 0.3 is 12.0 Å². The molecule has 0 aliphatic heterocycles. The number of nitrogens with zero attached hydrogens (tertiary/aromatic N) is 1. The number of halogens is 1. The van der Waals surface area contributed by atoms with Crippen molar-refractivity contribution in [2.75, 3.05) is 0 Å². The Balaban J connectivity index is 1.73. The van der Waals surface area contributed by atoms with Gasteiger partial charge in [0.2, 0.25) is 0 Å². The first kappa shape index (κ1) is 15.2. The third kappa shape index (κ3) is 3.54. The van der Waals surface area contributed by atoms with Crippen LogP contribution in [-0.4, -0.2) is 22.2 Å². The molecule has 23 heavy (non-hydrogen) atoms. The van der Waals surface area contributed by atoms with Crippen LogP contribution >= 0.6 is 11.6 Å². The van der Waals surface area contributed by atoms with Gasteiger partial charge in [-0.2, -0.15) is 4.98 Å². The summed E-state index contributed by atoms with van der Waals surface area (Å²) in [6.45, 7) is 1.45. The van der Waals surface area contributed by atoms with Crippen LogP contribution in [0.15, 0.2) is 46.9 Å². The normalized spacial score (nSPS) is 12.1. The van der Waals surface area contributed by atoms with Crippen molar-refractivity contribution in [2.45, 2.75) is 13.0 Å². The SMILES string of the molecule is C[C@@H](Oc1ccc(Oc2nc3cc(Cl)ccc3o2)cc1)C(=O)O. The summed E-state index contributed by atoms with van der Waals surface area (Å²) in [6.07, 6.45) is -0.835. The van der Waals surface area contributed by atoms with Gasteiger partial charge in [0.25, 0.3) is 0 Å². The van der Waals surface area contributed by atoms with Crippen LogP contribution in [-0.2, 0) is 4.79 Å². The van der Waals surface area contributed by atoms with Gasteiger partial charge in [0.1, 0.15) is 17.0 Å². The van der Waals surface area contributed by atoms with Gasteiger partial charge in [-0.15, -0.1) is 0 Å². The number of hydrogen-bond acceptors (Lipinski definition) is 5. The van der Waals surface area contributed by atoms with E-state index in [0.29, 0.717) is 27.6 Å². The lowest BCUT2D eigenvalue weighted by atomic mass is 10.3. The van der Waals surface area contributed by atoms with Crippen molar-refractivity contribution in [1.29, 1.82) is 0 Å². The van der Waals surface area contributed by atoms with Crippen LogP contribution in [0.2, 0.25) is 5.02 Å². The van der Waals surface area contributed by atoms with Crippen molar-refractivity contribution >= 4 is 28.7 Å². The zero-order valence-electron chi connectivity index (χ0n) is 12.0. The molecule has 2 aromatic carbocycles. The van der Waals surface area contributed by atoms with Crippen LogP contribution < -0.4 is 9.47 Å². The predicted molar refractivity (Wildman–Crippen MR) is 83.3 cm³/mol. The lowest BCUT2D eigenvalue weighted by Gasteiger charge is -2.10. The third-order valence-corrected chi connectivity index (χ3v) is 3.25. The molecule has 0 radical (unpaired) electrons. The van der Waals surface area contributed by atoms with Gasteiger partial charge < -0.3 is 19.0 Å². The molecule has 1 aromatic heterocycles. The van der Waals surface area contributed by atoms with Gasteiger partial charge in [-0.1, -0.05) is 11.6 Å². The summed E-state index contributed by atoms with van der Waals surface area (Å²) >= 11 is 5.89. The van der Waals surface area contributed by atoms with E-state index in [2.05, 4.69) is 4.98 Å². The number of carboxylic acids is 1. The molecule has 0 spiro atoms. The van der Waals surface area contributed by atoms with Gasteiger partial charge in [0, 0.05) is 5.02 Å². The molecule has 0 aliphatic carbocycles. The molecular formula is C16H12ClNO5. The Hall–Kier alpha value is -2.73. The van der Waals surface area contributed by atoms with Crippen LogP contribution in [0, 0.1) is 0 Å². The molecule has 1 N–H and O–H groups in total. The number of ether oxygens (including phenoxy) is 2. The van der Waals surface area contributed by atoms with Gasteiger partial charge in [-0.05, 0) is 49.4 Å². The fraction of sp³-hybridized carbons (Fsp3) is 0.125. The Kier molecular flexibility index (Phi) is 4.08. The number of oxazole rings is 1. The minimum Gasteiger partial charge on any atom is -0.479 e. The van der Waals surface area contributed by atoms with E-state index >= 15 is 0 Å². The van der Waals surface area contributed by atoms with E-state index in [4.69, 9.17) is 30.6 Å². The molecule has 0 saturated carbocycles. The summed E-state index contributed by atoms with van der Waals surface area (Å²) in [5.74, 6) is -0.120. The highest BCUT2D eigenvalue weighted by Gasteiger charge is 2.13. The monoisotopic (exact) mass is 333 g/mol. The molecule has 0 saturated heterocycles. The van der Waals surface area contributed by atoms with Crippen LogP contribution in [0.1, 0.15) is 6.92 Å². The number of aromatic nitrogens is 1. The smallest absolute Gasteiger partial charge is 0.400 e. The van der Waals surface area contributed by atoms with E-state index in [-0.39, 0.29) is 6.08 Å². The average Bonchev–Trinajstić information content (AvgIpc) is 2.90. The summed E-state index contributed by atoms with van der Waals surface area (Å²) in [7, 11) is 0. The first-order valence-electron chi connectivity index (χ1n) is 6.75. The van der Waals surface area contributed by atoms with Crippen LogP contribution in [0.4, 0.5) is 0 Å². The van der Waals surface area contributed by atoms with Crippen molar-refractivity contribution in [3.63, 3.8) is 0 Å². The fourth-order valence-corrected chi connectivity index (χ4v) is 2.03. The molecule has 118 valence electrons. The van der Waals surface area contributed by atoms with E-state index in [1.807, 2.05) is 0 Å². The number of carboxylic acid groups (broad SMARTS) is 1. The van der Waals surface area contributed by atoms with Crippen molar-refractivity contribution in [1.82, 2.24) is 4.98 Å². The maximum atomic E-state index is 10.7. The van der Waals surface area contributed by atoms with E-state index < -0.39 is 12.1 Å². The summed E-state index contributed by atoms with van der Waals surface area (Å²) in [5.41, 5.74) is 1.17. The lowest BCUT2D eigenvalue weighted by Crippen LogP contribution is -2.22. The number of rotatable bonds is 5. The number of fused-ring (bicyclic) bond motifs is 1. The molecule has 0 amide bonds. The maximum absolute atomic E-state index is 10.7. The summed E-state index contributed by atoms with van der Waals surface area (Å²) < 4.78 is 16.2. The largest absolute Gasteiger partial charge is 0.479 e. The number of carbonyl (C=O) groups is 1. The molecule has 3 aromatic rings. The topological polar surface area (TPSA) is 81.8 Å². The summed E-state index contributed by atoms with van der Waals surface area (Å²) in [5, 5.41) is 9.36. The summed E-state index contributed by atoms with van der Waals surface area (Å²) in [4.78, 5) is 14.9. The van der Waals surface area contributed by atoms with E-state index in [0.717, 1.165) is 0 Å². The highest BCUT2D eigenvalue weighted by atomic mass is 35.5. The Bertz CT molecular complexity index is 843. The minimum absolute atomic E-state index is 0.0924. The van der Waals surface area contributed by atoms with Crippen molar-refractivity contribution < 1.29 is 23.8 Å². The molecule has 0 unspecified atom stereocenters. The zero-order chi connectivity index (χ0) is 16.4. The number of hydrogen-bond donors (Lipinski definition) is 1. The third-order valence-electron chi connectivity index (χ3n) is 3.02. The quantitative estimate of drug-likeness (QED) is 0.756. The second-order valence-corrected chi connectivity index (χ2v) is 5.20. The van der Waals surface area contributed by atoms with Crippen molar-refractivity contribution in [2.24, 2.45) is 0 Å². The first-order chi connectivity index (χ1) is 11.0. The highest BCUT2D eigenvalue weighted by molar-refractivity contribution is 6.31. The Morgan fingerprint density at radius 1 is 1.22 bits per heavy atom. The molecule has 6 nitrogen and oxygen atoms in total. The minimum atomic E-state index is -1.03. The average molecular weight is 334 g/mol. The van der Waals surface area contributed by atoms with Gasteiger partial charge in [-0.25, -0.2) is 4.79 Å². The maximum Gasteiger partial charge on any atom is 0.400 e. The first-order valence-corrected chi connectivity index (χ1v) is 7.12. The standard InChI is InChI=1S/C16H12ClNO5/c1-9(15(19)20)21-11-3-5-12(6-4-11)22-16-18-13-8-10(17)2-7-14(13)23-16/h2-9H,1H3,(H,19,20)/t9-/m1/s1. The van der Waals surface area contributed by atoms with Gasteiger partial charge in [-0.3, -0.25) is 0 Å². The second-order valence-electron chi connectivity index (χ2n) is 4.76. The second kappa shape index (κ2) is 6.18. The molecule has 0 aliphatic rings. The molecule has 3 rings (SSSR count). The number of aliphatic carboxylic acids is 1. The molecule has 0 fully saturated rings. The van der Waals surface area contributed by atoms with E-state index in [1.165, 1.54) is 6.92 Å². The Morgan fingerprint density at radius 2 is 1.91 bits per heavy atom. The summed E-state index contributed by atoms with van der Waals surface area (Å²) in [6, 6.07) is 11.6. The van der Waals surface area contributed by atoms with E-state index in [9.17, 15) is 4.79 Å². The van der Waals surface area contributed by atoms with Gasteiger partial charge in [0.15, 0.2) is 11.7 Å². The molecule has 0 bridgehead atoms. The zero-order valence-corrected chi connectivity index (χ0v) is 12.8. The van der Waals surface area contributed by atoms with Crippen molar-refractivity contribution in [3.05, 3.63) is 47.5 Å². The van der Waals surface area contributed by atoms with Crippen molar-refractivity contribution in [3.8, 4) is 17.6 Å². The molecular weight excluding hydrogens is 322 g/mol. The highest BCUT2D eigenvalue weighted by Crippen LogP contribution is 2.28. The molecule has 7 heteroatoms. The molecule has 1 atom stereocenters. The number of benzene rings is 2. The Labute approximate surface area is 136 Å². The predicted octanol–water partition coefficient (Wildman–Crippen LogP) is 4.13. The lowest BCUT2D eigenvalue weighted by molar-refractivity contribution is -0.144. The fourth-order valence-electron chi connectivity index (χ4n) is 1.86. The van der Waals surface area contributed by atoms with Crippen LogP contribution in [0.5, 0.6) is 17.6 Å². The van der Waals surface area contributed by atoms with Crippen LogP contribution in [0.25, 0.3) is 11.1 Å². The molecule has 1 heterocycles. The van der Waals surface area contributed by atoms with Gasteiger partial charge in [0.05, 0.1) is 0 Å².